The van der Waals surface area contributed by atoms with Gasteiger partial charge < -0.3 is 14.6 Å². The van der Waals surface area contributed by atoms with Gasteiger partial charge in [0.05, 0.1) is 28.2 Å². The first-order valence-corrected chi connectivity index (χ1v) is 7.83. The van der Waals surface area contributed by atoms with Gasteiger partial charge in [0.2, 0.25) is 5.91 Å². The van der Waals surface area contributed by atoms with Crippen molar-refractivity contribution in [2.75, 3.05) is 18.4 Å². The molecule has 1 aliphatic heterocycles. The summed E-state index contributed by atoms with van der Waals surface area (Å²) in [7, 11) is 0. The highest BCUT2D eigenvalue weighted by Gasteiger charge is 2.37. The summed E-state index contributed by atoms with van der Waals surface area (Å²) in [4.78, 5) is 45.6. The number of nitro groups is 2. The van der Waals surface area contributed by atoms with Crippen LogP contribution in [0.5, 0.6) is 0 Å². The third-order valence-electron chi connectivity index (χ3n) is 4.11. The number of carbonyl (C=O) groups excluding carboxylic acids is 2. The van der Waals surface area contributed by atoms with Crippen molar-refractivity contribution in [1.29, 1.82) is 5.26 Å². The monoisotopic (exact) mass is 385 g/mol. The van der Waals surface area contributed by atoms with Crippen molar-refractivity contribution in [3.8, 4) is 6.07 Å². The zero-order valence-electron chi connectivity index (χ0n) is 14.0. The van der Waals surface area contributed by atoms with Crippen molar-refractivity contribution in [2.45, 2.75) is 0 Å². The molecule has 2 heterocycles. The molecule has 1 aromatic carbocycles. The SMILES string of the molecule is N#Cc1cc([N+](=O)[O-])ccc1NC(=O)C1CN(C(=O)c2ccc([N+](=O)[O-])o2)C1. The Hall–Kier alpha value is -4.27. The normalized spacial score (nSPS) is 13.3. The number of anilines is 1. The molecular formula is C16H11N5O7. The number of nitriles is 1. The van der Waals surface area contributed by atoms with E-state index in [1.165, 1.54) is 17.0 Å². The van der Waals surface area contributed by atoms with E-state index < -0.39 is 33.5 Å². The maximum absolute atomic E-state index is 12.3. The first-order valence-electron chi connectivity index (χ1n) is 7.83. The van der Waals surface area contributed by atoms with E-state index in [1.54, 1.807) is 6.07 Å². The second-order valence-electron chi connectivity index (χ2n) is 5.89. The fourth-order valence-electron chi connectivity index (χ4n) is 2.59. The number of carbonyl (C=O) groups is 2. The minimum Gasteiger partial charge on any atom is -0.395 e. The van der Waals surface area contributed by atoms with E-state index in [4.69, 9.17) is 9.68 Å². The van der Waals surface area contributed by atoms with E-state index in [2.05, 4.69) is 5.32 Å². The Kier molecular flexibility index (Phi) is 4.73. The number of hydrogen-bond donors (Lipinski definition) is 1. The third-order valence-corrected chi connectivity index (χ3v) is 4.11. The van der Waals surface area contributed by atoms with E-state index >= 15 is 0 Å². The van der Waals surface area contributed by atoms with Gasteiger partial charge in [-0.3, -0.25) is 29.8 Å². The molecule has 1 fully saturated rings. The number of rotatable bonds is 5. The second-order valence-corrected chi connectivity index (χ2v) is 5.89. The summed E-state index contributed by atoms with van der Waals surface area (Å²) in [6.07, 6.45) is 0. The van der Waals surface area contributed by atoms with Gasteiger partial charge in [-0.25, -0.2) is 0 Å². The number of furan rings is 1. The van der Waals surface area contributed by atoms with Crippen LogP contribution in [0.2, 0.25) is 0 Å². The quantitative estimate of drug-likeness (QED) is 0.597. The average molecular weight is 385 g/mol. The van der Waals surface area contributed by atoms with Gasteiger partial charge >= 0.3 is 5.88 Å². The molecule has 142 valence electrons. The molecule has 28 heavy (non-hydrogen) atoms. The van der Waals surface area contributed by atoms with Crippen molar-refractivity contribution in [3.05, 3.63) is 61.9 Å². The number of non-ortho nitro benzene ring substituents is 1. The summed E-state index contributed by atoms with van der Waals surface area (Å²) >= 11 is 0. The zero-order chi connectivity index (χ0) is 20.4. The van der Waals surface area contributed by atoms with E-state index in [1.807, 2.05) is 0 Å². The highest BCUT2D eigenvalue weighted by molar-refractivity contribution is 5.98. The predicted octanol–water partition coefficient (Wildman–Crippen LogP) is 1.68. The van der Waals surface area contributed by atoms with Gasteiger partial charge in [-0.15, -0.1) is 0 Å². The number of nitrogens with one attached hydrogen (secondary N) is 1. The van der Waals surface area contributed by atoms with Gasteiger partial charge in [0.15, 0.2) is 5.76 Å². The molecular weight excluding hydrogens is 374 g/mol. The zero-order valence-corrected chi connectivity index (χ0v) is 14.0. The fraction of sp³-hybridized carbons (Fsp3) is 0.188. The molecule has 1 aromatic heterocycles. The smallest absolute Gasteiger partial charge is 0.395 e. The van der Waals surface area contributed by atoms with E-state index in [9.17, 15) is 29.8 Å². The molecule has 2 aromatic rings. The lowest BCUT2D eigenvalue weighted by molar-refractivity contribution is -0.402. The Morgan fingerprint density at radius 2 is 1.89 bits per heavy atom. The number of nitrogens with zero attached hydrogens (tertiary/aromatic N) is 4. The van der Waals surface area contributed by atoms with Crippen LogP contribution < -0.4 is 5.32 Å². The Bertz CT molecular complexity index is 1030. The summed E-state index contributed by atoms with van der Waals surface area (Å²) in [6, 6.07) is 7.51. The van der Waals surface area contributed by atoms with Crippen LogP contribution in [-0.2, 0) is 4.79 Å². The van der Waals surface area contributed by atoms with Crippen molar-refractivity contribution < 1.29 is 23.9 Å². The molecule has 12 heteroatoms. The molecule has 0 saturated carbocycles. The van der Waals surface area contributed by atoms with Crippen molar-refractivity contribution in [1.82, 2.24) is 4.90 Å². The minimum absolute atomic E-state index is 0.0577. The van der Waals surface area contributed by atoms with Gasteiger partial charge in [0.25, 0.3) is 11.6 Å². The molecule has 12 nitrogen and oxygen atoms in total. The minimum atomic E-state index is -0.764. The van der Waals surface area contributed by atoms with E-state index in [0.717, 1.165) is 18.2 Å². The van der Waals surface area contributed by atoms with Crippen molar-refractivity contribution in [2.24, 2.45) is 5.92 Å². The Morgan fingerprint density at radius 3 is 2.46 bits per heavy atom. The summed E-state index contributed by atoms with van der Waals surface area (Å²) in [5.74, 6) is -2.35. The standard InChI is InChI=1S/C16H11N5O7/c17-6-9-5-11(20(24)25)1-2-12(9)18-15(22)10-7-19(8-10)16(23)13-3-4-14(28-13)21(26)27/h1-5,10H,7-8H2,(H,18,22). The third kappa shape index (κ3) is 3.49. The summed E-state index contributed by atoms with van der Waals surface area (Å²) in [6.45, 7) is 0.127. The number of amides is 2. The molecule has 0 aliphatic carbocycles. The Labute approximate surface area is 156 Å². The molecule has 0 unspecified atom stereocenters. The molecule has 3 rings (SSSR count). The van der Waals surface area contributed by atoms with Crippen molar-refractivity contribution in [3.63, 3.8) is 0 Å². The molecule has 0 bridgehead atoms. The first-order chi connectivity index (χ1) is 13.3. The second kappa shape index (κ2) is 7.16. The van der Waals surface area contributed by atoms with Crippen molar-refractivity contribution >= 4 is 29.1 Å². The summed E-state index contributed by atoms with van der Waals surface area (Å²) in [5.41, 5.74) is -0.204. The predicted molar refractivity (Wildman–Crippen MR) is 91.2 cm³/mol. The van der Waals surface area contributed by atoms with Crippen LogP contribution in [0.4, 0.5) is 17.3 Å². The highest BCUT2D eigenvalue weighted by Crippen LogP contribution is 2.25. The van der Waals surface area contributed by atoms with Gasteiger partial charge in [-0.2, -0.15) is 5.26 Å². The molecule has 1 N–H and O–H groups in total. The lowest BCUT2D eigenvalue weighted by Gasteiger charge is -2.37. The Morgan fingerprint density at radius 1 is 1.18 bits per heavy atom. The highest BCUT2D eigenvalue weighted by atomic mass is 16.6. The first kappa shape index (κ1) is 18.5. The van der Waals surface area contributed by atoms with Gasteiger partial charge in [0.1, 0.15) is 11.0 Å². The summed E-state index contributed by atoms with van der Waals surface area (Å²) < 4.78 is 4.83. The van der Waals surface area contributed by atoms with Gasteiger partial charge in [0, 0.05) is 25.2 Å². The largest absolute Gasteiger partial charge is 0.433 e. The maximum atomic E-state index is 12.3. The summed E-state index contributed by atoms with van der Waals surface area (Å²) in [5, 5.41) is 32.9. The lowest BCUT2D eigenvalue weighted by Crippen LogP contribution is -2.54. The Balaban J connectivity index is 1.61. The molecule has 0 atom stereocenters. The maximum Gasteiger partial charge on any atom is 0.433 e. The van der Waals surface area contributed by atoms with Crippen LogP contribution in [0.3, 0.4) is 0 Å². The number of nitro benzene ring substituents is 1. The van der Waals surface area contributed by atoms with E-state index in [0.29, 0.717) is 0 Å². The van der Waals surface area contributed by atoms with Gasteiger partial charge in [-0.05, 0) is 12.1 Å². The van der Waals surface area contributed by atoms with Crippen LogP contribution in [0.1, 0.15) is 16.1 Å². The van der Waals surface area contributed by atoms with Gasteiger partial charge in [-0.1, -0.05) is 0 Å². The molecule has 1 aliphatic rings. The molecule has 1 saturated heterocycles. The van der Waals surface area contributed by atoms with E-state index in [-0.39, 0.29) is 35.8 Å². The number of benzene rings is 1. The van der Waals surface area contributed by atoms with Crippen LogP contribution in [0.25, 0.3) is 0 Å². The average Bonchev–Trinajstić information content (AvgIpc) is 3.11. The molecule has 0 radical (unpaired) electrons. The van der Waals surface area contributed by atoms with Crippen LogP contribution in [0, 0.1) is 37.5 Å². The van der Waals surface area contributed by atoms with Crippen LogP contribution >= 0.6 is 0 Å². The fourth-order valence-corrected chi connectivity index (χ4v) is 2.59. The molecule has 0 spiro atoms. The van der Waals surface area contributed by atoms with Crippen LogP contribution in [-0.4, -0.2) is 39.7 Å². The van der Waals surface area contributed by atoms with Crippen LogP contribution in [0.15, 0.2) is 34.7 Å². The molecule has 2 amide bonds. The number of hydrogen-bond acceptors (Lipinski definition) is 8. The lowest BCUT2D eigenvalue weighted by atomic mass is 9.98. The topological polar surface area (TPSA) is 173 Å². The number of likely N-dealkylation sites (tertiary alicyclic amines) is 1.